The van der Waals surface area contributed by atoms with E-state index < -0.39 is 23.6 Å². The van der Waals surface area contributed by atoms with Gasteiger partial charge in [-0.1, -0.05) is 43.3 Å². The molecule has 2 aromatic rings. The third kappa shape index (κ3) is 7.09. The lowest BCUT2D eigenvalue weighted by Crippen LogP contribution is -2.49. The van der Waals surface area contributed by atoms with Gasteiger partial charge in [0.15, 0.2) is 0 Å². The quantitative estimate of drug-likeness (QED) is 0.331. The van der Waals surface area contributed by atoms with Gasteiger partial charge in [0, 0.05) is 37.7 Å². The molecule has 8 nitrogen and oxygen atoms in total. The van der Waals surface area contributed by atoms with Gasteiger partial charge in [-0.2, -0.15) is 0 Å². The number of nitrogens with two attached hydrogens (primary N) is 1. The van der Waals surface area contributed by atoms with E-state index >= 15 is 4.39 Å². The van der Waals surface area contributed by atoms with E-state index in [1.54, 1.807) is 17.0 Å². The maximum Gasteiger partial charge on any atom is 0.406 e. The normalized spacial score (nSPS) is 17.9. The molecule has 0 bridgehead atoms. The topological polar surface area (TPSA) is 125 Å². The van der Waals surface area contributed by atoms with Crippen LogP contribution < -0.4 is 11.1 Å². The molecule has 0 saturated carbocycles. The first kappa shape index (κ1) is 29.5. The molecule has 1 heterocycles. The molecule has 3 unspecified atom stereocenters. The van der Waals surface area contributed by atoms with E-state index in [0.717, 1.165) is 12.0 Å². The minimum atomic E-state index is -1.48. The summed E-state index contributed by atoms with van der Waals surface area (Å²) in [5.74, 6) is -1.04. The van der Waals surface area contributed by atoms with Gasteiger partial charge >= 0.3 is 6.09 Å². The van der Waals surface area contributed by atoms with Crippen LogP contribution in [0.3, 0.4) is 0 Å². The number of hydrogen-bond acceptors (Lipinski definition) is 6. The Hall–Kier alpha value is -3.01. The largest absolute Gasteiger partial charge is 0.453 e. The summed E-state index contributed by atoms with van der Waals surface area (Å²) in [5.41, 5.74) is 6.54. The predicted molar refractivity (Wildman–Crippen MR) is 144 cm³/mol. The molecule has 9 heteroatoms. The van der Waals surface area contributed by atoms with Crippen molar-refractivity contribution in [1.82, 2.24) is 10.2 Å². The van der Waals surface area contributed by atoms with E-state index in [4.69, 9.17) is 5.73 Å². The van der Waals surface area contributed by atoms with Crippen LogP contribution in [0.15, 0.2) is 42.5 Å². The maximum absolute atomic E-state index is 15.5. The molecule has 0 spiro atoms. The first-order chi connectivity index (χ1) is 18.2. The van der Waals surface area contributed by atoms with Crippen molar-refractivity contribution in [2.75, 3.05) is 33.3 Å². The number of aliphatic hydroxyl groups excluding tert-OH is 1. The molecule has 5 N–H and O–H groups in total. The van der Waals surface area contributed by atoms with Crippen LogP contribution in [0.2, 0.25) is 0 Å². The number of carbonyl (C=O) groups excluding carboxylic acids is 2. The van der Waals surface area contributed by atoms with Crippen LogP contribution in [0.5, 0.6) is 0 Å². The molecule has 2 aromatic carbocycles. The Balaban J connectivity index is 2.00. The van der Waals surface area contributed by atoms with Crippen LogP contribution in [0.25, 0.3) is 11.1 Å². The molecule has 0 aliphatic carbocycles. The first-order valence-corrected chi connectivity index (χ1v) is 13.3. The molecule has 2 amide bonds. The number of aryl methyl sites for hydroxylation is 1. The molecule has 0 aromatic heterocycles. The number of piperidine rings is 1. The summed E-state index contributed by atoms with van der Waals surface area (Å²) in [4.78, 5) is 26.1. The number of carbonyl (C=O) groups is 2. The number of aliphatic hydroxyl groups is 2. The van der Waals surface area contributed by atoms with Gasteiger partial charge in [0.2, 0.25) is 5.91 Å². The first-order valence-electron chi connectivity index (χ1n) is 13.3. The van der Waals surface area contributed by atoms with Crippen LogP contribution in [-0.4, -0.2) is 66.5 Å². The molecule has 1 aliphatic rings. The second-order valence-corrected chi connectivity index (χ2v) is 9.94. The molecule has 208 valence electrons. The Morgan fingerprint density at radius 3 is 2.76 bits per heavy atom. The zero-order valence-electron chi connectivity index (χ0n) is 22.3. The summed E-state index contributed by atoms with van der Waals surface area (Å²) in [7, 11) is 1.28. The fraction of sp³-hybridized carbons (Fsp3) is 0.517. The number of benzene rings is 2. The maximum atomic E-state index is 15.5. The van der Waals surface area contributed by atoms with Crippen molar-refractivity contribution in [3.8, 4) is 11.1 Å². The van der Waals surface area contributed by atoms with Crippen molar-refractivity contribution >= 4 is 12.0 Å². The number of nitrogens with zero attached hydrogens (tertiary/aromatic N) is 1. The summed E-state index contributed by atoms with van der Waals surface area (Å²) in [6, 6.07) is 12.4. The highest BCUT2D eigenvalue weighted by atomic mass is 19.1. The highest BCUT2D eigenvalue weighted by Gasteiger charge is 2.43. The lowest BCUT2D eigenvalue weighted by Gasteiger charge is -2.44. The average Bonchev–Trinajstić information content (AvgIpc) is 2.94. The smallest absolute Gasteiger partial charge is 0.406 e. The minimum Gasteiger partial charge on any atom is -0.453 e. The van der Waals surface area contributed by atoms with Gasteiger partial charge in [-0.05, 0) is 54.9 Å². The number of alkyl carbamates (subject to hydrolysis) is 1. The zero-order chi connectivity index (χ0) is 27.7. The molecule has 1 saturated heterocycles. The Labute approximate surface area is 224 Å². The average molecular weight is 530 g/mol. The number of methoxy groups -OCH3 is 1. The van der Waals surface area contributed by atoms with E-state index in [9.17, 15) is 19.8 Å². The highest BCUT2D eigenvalue weighted by molar-refractivity contribution is 5.77. The summed E-state index contributed by atoms with van der Waals surface area (Å²) in [6.07, 6.45) is 1.15. The zero-order valence-corrected chi connectivity index (χ0v) is 22.3. The molecular formula is C29H40FN3O5. The molecule has 3 rings (SSSR count). The van der Waals surface area contributed by atoms with Crippen LogP contribution in [0, 0.1) is 11.7 Å². The third-order valence-corrected chi connectivity index (χ3v) is 7.43. The van der Waals surface area contributed by atoms with Crippen LogP contribution in [0.1, 0.15) is 50.2 Å². The Morgan fingerprint density at radius 2 is 2.05 bits per heavy atom. The van der Waals surface area contributed by atoms with Gasteiger partial charge < -0.3 is 30.9 Å². The van der Waals surface area contributed by atoms with Gasteiger partial charge in [0.05, 0.1) is 25.2 Å². The van der Waals surface area contributed by atoms with Gasteiger partial charge in [-0.15, -0.1) is 0 Å². The summed E-state index contributed by atoms with van der Waals surface area (Å²) in [5, 5.41) is 25.0. The van der Waals surface area contributed by atoms with Crippen molar-refractivity contribution in [2.45, 2.75) is 57.2 Å². The molecule has 1 aliphatic heterocycles. The lowest BCUT2D eigenvalue weighted by molar-refractivity contribution is -0.138. The number of nitrogens with one attached hydrogen (secondary N) is 1. The monoisotopic (exact) mass is 529 g/mol. The SMILES string of the molecule is CCc1cccc(-c2c(F)cccc2C(O)(CCCNC(=O)OC)C2CCCN(C(=O)CC(O)CN)C2)c1. The Morgan fingerprint density at radius 1 is 1.29 bits per heavy atom. The third-order valence-electron chi connectivity index (χ3n) is 7.43. The Kier molecular flexibility index (Phi) is 10.6. The van der Waals surface area contributed by atoms with Crippen molar-refractivity contribution in [3.05, 3.63) is 59.4 Å². The van der Waals surface area contributed by atoms with Crippen molar-refractivity contribution in [3.63, 3.8) is 0 Å². The number of amides is 2. The van der Waals surface area contributed by atoms with Crippen molar-refractivity contribution in [1.29, 1.82) is 0 Å². The lowest BCUT2D eigenvalue weighted by atomic mass is 9.72. The van der Waals surface area contributed by atoms with Crippen molar-refractivity contribution < 1.29 is 28.9 Å². The molecular weight excluding hydrogens is 489 g/mol. The van der Waals surface area contributed by atoms with E-state index in [1.807, 2.05) is 31.2 Å². The molecule has 0 radical (unpaired) electrons. The van der Waals surface area contributed by atoms with Gasteiger partial charge in [-0.25, -0.2) is 9.18 Å². The second kappa shape index (κ2) is 13.7. The van der Waals surface area contributed by atoms with E-state index in [1.165, 1.54) is 13.2 Å². The van der Waals surface area contributed by atoms with E-state index in [-0.39, 0.29) is 44.3 Å². The van der Waals surface area contributed by atoms with E-state index in [2.05, 4.69) is 10.1 Å². The molecule has 1 fully saturated rings. The fourth-order valence-electron chi connectivity index (χ4n) is 5.31. The van der Waals surface area contributed by atoms with Gasteiger partial charge in [0.25, 0.3) is 0 Å². The summed E-state index contributed by atoms with van der Waals surface area (Å²) < 4.78 is 20.2. The summed E-state index contributed by atoms with van der Waals surface area (Å²) >= 11 is 0. The minimum absolute atomic E-state index is 0.0103. The van der Waals surface area contributed by atoms with Crippen LogP contribution in [0.4, 0.5) is 9.18 Å². The number of likely N-dealkylation sites (tertiary alicyclic amines) is 1. The highest BCUT2D eigenvalue weighted by Crippen LogP contribution is 2.44. The fourth-order valence-corrected chi connectivity index (χ4v) is 5.31. The number of hydrogen-bond donors (Lipinski definition) is 4. The van der Waals surface area contributed by atoms with Crippen LogP contribution >= 0.6 is 0 Å². The molecule has 3 atom stereocenters. The van der Waals surface area contributed by atoms with E-state index in [0.29, 0.717) is 42.5 Å². The number of rotatable bonds is 11. The van der Waals surface area contributed by atoms with Gasteiger partial charge in [-0.3, -0.25) is 4.79 Å². The number of halogens is 1. The summed E-state index contributed by atoms with van der Waals surface area (Å²) in [6.45, 7) is 3.07. The van der Waals surface area contributed by atoms with Gasteiger partial charge in [0.1, 0.15) is 5.82 Å². The molecule has 38 heavy (non-hydrogen) atoms. The van der Waals surface area contributed by atoms with Crippen molar-refractivity contribution in [2.24, 2.45) is 11.7 Å². The second-order valence-electron chi connectivity index (χ2n) is 9.94. The standard InChI is InChI=1S/C29H40FN3O5/c1-3-20-8-4-9-21(16-20)27-24(11-5-12-25(27)30)29(37,13-7-14-32-28(36)38-2)22-10-6-15-33(19-22)26(35)17-23(34)18-31/h4-5,8-9,11-12,16,22-23,34,37H,3,6-7,10,13-15,17-19,31H2,1-2H3,(H,32,36). The Bertz CT molecular complexity index is 1100. The predicted octanol–water partition coefficient (Wildman–Crippen LogP) is 3.33. The number of ether oxygens (including phenoxy) is 1. The van der Waals surface area contributed by atoms with Crippen LogP contribution in [-0.2, 0) is 21.6 Å².